The van der Waals surface area contributed by atoms with Crippen LogP contribution in [0, 0.1) is 41.5 Å². The van der Waals surface area contributed by atoms with E-state index >= 15 is 0 Å². The van der Waals surface area contributed by atoms with E-state index in [2.05, 4.69) is 126 Å². The van der Waals surface area contributed by atoms with Gasteiger partial charge in [0.2, 0.25) is 0 Å². The van der Waals surface area contributed by atoms with Crippen LogP contribution in [-0.4, -0.2) is 230 Å². The van der Waals surface area contributed by atoms with Crippen LogP contribution in [-0.2, 0) is 14.1 Å². The Balaban J connectivity index is 0.000000107. The lowest BCUT2D eigenvalue weighted by atomic mass is 9.91. The van der Waals surface area contributed by atoms with Gasteiger partial charge in [-0.15, -0.1) is 0 Å². The number of nitrogens with one attached hydrogen (secondary N) is 4. The second kappa shape index (κ2) is 40.2. The van der Waals surface area contributed by atoms with E-state index in [1.165, 1.54) is 0 Å². The van der Waals surface area contributed by atoms with Gasteiger partial charge in [-0.25, -0.2) is 48.9 Å². The molecule has 740 valence electrons. The molecule has 25 rings (SSSR count). The molecule has 0 amide bonds. The van der Waals surface area contributed by atoms with Crippen LogP contribution in [0.1, 0.15) is 104 Å². The summed E-state index contributed by atoms with van der Waals surface area (Å²) in [6, 6.07) is 31.8. The molecule has 5 aliphatic heterocycles. The third-order valence-corrected chi connectivity index (χ3v) is 27.8. The number of nitrogens with two attached hydrogens (primary N) is 1. The number of aryl methyl sites for hydroxylation is 8. The van der Waals surface area contributed by atoms with Crippen molar-refractivity contribution in [2.24, 2.45) is 19.8 Å². The van der Waals surface area contributed by atoms with E-state index in [0.29, 0.717) is 85.1 Å². The van der Waals surface area contributed by atoms with Crippen molar-refractivity contribution in [2.75, 3.05) is 118 Å². The van der Waals surface area contributed by atoms with Gasteiger partial charge in [-0.05, 0) is 185 Å². The Morgan fingerprint density at radius 3 is 1.52 bits per heavy atom. The van der Waals surface area contributed by atoms with Crippen molar-refractivity contribution in [3.8, 4) is 56.5 Å². The maximum Gasteiger partial charge on any atom is 0.258 e. The number of anilines is 4. The second-order valence-corrected chi connectivity index (χ2v) is 38.8. The predicted octanol–water partition coefficient (Wildman–Crippen LogP) is 10.6. The van der Waals surface area contributed by atoms with Crippen LogP contribution in [0.25, 0.3) is 123 Å². The highest BCUT2D eigenvalue weighted by Crippen LogP contribution is 2.34. The van der Waals surface area contributed by atoms with Crippen molar-refractivity contribution < 1.29 is 0 Å². The first-order valence-corrected chi connectivity index (χ1v) is 49.6. The van der Waals surface area contributed by atoms with Crippen molar-refractivity contribution in [1.29, 1.82) is 0 Å². The predicted molar refractivity (Wildman–Crippen MR) is 564 cm³/mol. The van der Waals surface area contributed by atoms with Gasteiger partial charge in [0.25, 0.3) is 27.8 Å². The van der Waals surface area contributed by atoms with E-state index in [4.69, 9.17) is 27.3 Å². The molecule has 0 spiro atoms. The van der Waals surface area contributed by atoms with Gasteiger partial charge >= 0.3 is 0 Å². The Bertz CT molecular complexity index is 8500. The van der Waals surface area contributed by atoms with Gasteiger partial charge in [0.15, 0.2) is 16.9 Å². The Hall–Kier alpha value is -15.8. The Labute approximate surface area is 836 Å². The third kappa shape index (κ3) is 20.4. The molecule has 0 bridgehead atoms. The minimum absolute atomic E-state index is 0.0949. The zero-order valence-corrected chi connectivity index (χ0v) is 83.3. The molecule has 5 aliphatic rings. The highest BCUT2D eigenvalue weighted by Gasteiger charge is 2.29. The molecule has 0 aliphatic carbocycles. The summed E-state index contributed by atoms with van der Waals surface area (Å²) in [6.07, 6.45) is 33.0. The lowest BCUT2D eigenvalue weighted by Crippen LogP contribution is -2.48. The van der Waals surface area contributed by atoms with E-state index in [1.807, 2.05) is 181 Å². The molecule has 145 heavy (non-hydrogen) atoms. The number of benzene rings is 2. The van der Waals surface area contributed by atoms with Crippen LogP contribution in [0.3, 0.4) is 0 Å². The maximum absolute atomic E-state index is 13.1. The summed E-state index contributed by atoms with van der Waals surface area (Å²) in [5, 5.41) is 34.1. The average molecular weight is 1970 g/mol. The smallest absolute Gasteiger partial charge is 0.258 e. The first kappa shape index (κ1) is 95.4. The lowest BCUT2D eigenvalue weighted by molar-refractivity contribution is 0.364. The van der Waals surface area contributed by atoms with E-state index in [-0.39, 0.29) is 33.3 Å². The number of imidazole rings is 1. The zero-order valence-electron chi connectivity index (χ0n) is 82.6. The van der Waals surface area contributed by atoms with Gasteiger partial charge in [-0.1, -0.05) is 24.6 Å². The van der Waals surface area contributed by atoms with Crippen molar-refractivity contribution >= 4 is 101 Å². The molecular weight excluding hydrogens is 1850 g/mol. The molecule has 18 aromatic heterocycles. The molecule has 5 fully saturated rings. The first-order chi connectivity index (χ1) is 70.1. The molecule has 0 radical (unpaired) electrons. The number of hydrogen-bond acceptors (Lipinski definition) is 29. The number of aromatic nitrogens is 25. The van der Waals surface area contributed by atoms with Crippen LogP contribution in [0.2, 0.25) is 5.02 Å². The molecular formula is C105H113ClN34O5. The van der Waals surface area contributed by atoms with Crippen LogP contribution in [0.15, 0.2) is 214 Å². The topological polar surface area (TPSA) is 411 Å². The van der Waals surface area contributed by atoms with Crippen molar-refractivity contribution in [3.05, 3.63) is 286 Å². The van der Waals surface area contributed by atoms with Gasteiger partial charge in [-0.2, -0.15) is 20.4 Å². The standard InChI is InChI=1S/C25H31N7O.C22H25N7O.C20H19ClN6O.2C19H19N7O/c1-5-8-26-19-6-9-30(10-7-19)20-11-16(2)25-28-21(13-24(33)31(25)15-20)22-12-23-18(4)27-17(3)14-32(23)29-22;1-14-12-29-19(15(2)24-14)10-18(26-29)17-11-21(30)28-13-16(4-5-20(28)25-17)27-8-6-22(3,23)7-9-27;1-26-10-14-6-13(7-15(21)20(14)25-26)16-8-19(28)27-11-17(23-9-18(27)24-16)12-2-4-22-5-3-12;1-24-11-14-8-13(2-3-15(14)23-24)16-9-19(27)26-12-18(21-10-17(26)22-16)25-6-4-20-5-7-25;1-13-10-25-11-14(2-3-16(25)22-13)15-8-19(27)26-12-18(21-9-17(26)23-15)24-6-4-20-5-7-24/h11-15,19,26H,5-10H2,1-4H3;4-5,10-13H,6-9,23H2,1-3H3;6-12,22H,2-5H2,1H3;2*2-3,8-12,20H,4-7H2,1H3. The fraction of sp³-hybridized carbons (Fsp3) is 0.333. The Morgan fingerprint density at radius 2 is 0.910 bits per heavy atom. The van der Waals surface area contributed by atoms with Crippen molar-refractivity contribution in [2.45, 2.75) is 118 Å². The summed E-state index contributed by atoms with van der Waals surface area (Å²) in [7, 11) is 3.74. The minimum Gasteiger partial charge on any atom is -0.370 e. The Morgan fingerprint density at radius 1 is 0.414 bits per heavy atom. The summed E-state index contributed by atoms with van der Waals surface area (Å²) >= 11 is 6.39. The number of rotatable bonds is 13. The third-order valence-electron chi connectivity index (χ3n) is 27.5. The number of halogens is 1. The number of fused-ring (bicyclic) bond motifs is 10. The van der Waals surface area contributed by atoms with Gasteiger partial charge in [0.05, 0.1) is 139 Å². The largest absolute Gasteiger partial charge is 0.370 e. The van der Waals surface area contributed by atoms with Gasteiger partial charge in [-0.3, -0.25) is 70.3 Å². The SMILES string of the molecule is CCCNC1CCN(c2cc(C)c3nc(-c4cc5c(C)nc(C)cn5n4)cc(=O)n3c2)CC1.Cc1cn2cc(-c3cc(=O)n4cc(N5CCNCC5)ncc4n3)ccc2n1.Cc1cn2nc(-c3cc(=O)n4cc(N5CCC(C)(N)CC5)ccc4n3)cc2c(C)n1.Cn1cc2cc(-c3cc(=O)n4cc(C5CCNCC5)ncc4n3)cc(Cl)c2n1.Cn1cc2cc(-c3cc(=O)n4cc(N5CCNCC5)ncc4n3)ccc2n1. The summed E-state index contributed by atoms with van der Waals surface area (Å²) < 4.78 is 17.0. The van der Waals surface area contributed by atoms with Crippen molar-refractivity contribution in [1.82, 2.24) is 141 Å². The zero-order chi connectivity index (χ0) is 100. The quantitative estimate of drug-likeness (QED) is 0.0716. The minimum atomic E-state index is -0.125. The molecule has 5 saturated heterocycles. The Kier molecular flexibility index (Phi) is 26.4. The van der Waals surface area contributed by atoms with E-state index in [0.717, 1.165) is 261 Å². The summed E-state index contributed by atoms with van der Waals surface area (Å²) in [5.74, 6) is 1.98. The molecule has 40 heteroatoms. The number of hydrogen-bond donors (Lipinski definition) is 5. The summed E-state index contributed by atoms with van der Waals surface area (Å²) in [4.78, 5) is 124. The number of nitrogens with zero attached hydrogens (tertiary/aromatic N) is 29. The summed E-state index contributed by atoms with van der Waals surface area (Å²) in [6.45, 7) is 30.0. The van der Waals surface area contributed by atoms with E-state index in [1.54, 1.807) is 103 Å². The fourth-order valence-corrected chi connectivity index (χ4v) is 20.0. The highest BCUT2D eigenvalue weighted by atomic mass is 35.5. The normalized spacial score (nSPS) is 15.4. The molecule has 6 N–H and O–H groups in total. The van der Waals surface area contributed by atoms with Crippen LogP contribution < -0.4 is 74.4 Å². The number of piperazine rings is 2. The van der Waals surface area contributed by atoms with Crippen LogP contribution >= 0.6 is 11.6 Å². The average Bonchev–Trinajstić information content (AvgIpc) is 1.75. The van der Waals surface area contributed by atoms with Gasteiger partial charge in [0.1, 0.15) is 45.5 Å². The van der Waals surface area contributed by atoms with E-state index < -0.39 is 0 Å². The fourth-order valence-electron chi connectivity index (χ4n) is 19.7. The van der Waals surface area contributed by atoms with E-state index in [9.17, 15) is 24.0 Å². The molecule has 0 unspecified atom stereocenters. The maximum atomic E-state index is 13.1. The molecule has 39 nitrogen and oxygen atoms in total. The molecule has 20 aromatic rings. The molecule has 2 aromatic carbocycles. The van der Waals surface area contributed by atoms with Gasteiger partial charge < -0.3 is 51.0 Å². The van der Waals surface area contributed by atoms with Crippen LogP contribution in [0.4, 0.5) is 23.0 Å². The second-order valence-electron chi connectivity index (χ2n) is 38.4. The molecule has 0 saturated carbocycles. The molecule has 0 atom stereocenters. The molecule has 23 heterocycles. The van der Waals surface area contributed by atoms with Gasteiger partial charge in [0, 0.05) is 211 Å². The van der Waals surface area contributed by atoms with Crippen LogP contribution in [0.5, 0.6) is 0 Å². The number of piperidine rings is 3. The monoisotopic (exact) mass is 1960 g/mol. The summed E-state index contributed by atoms with van der Waals surface area (Å²) in [5.41, 5.74) is 28.2. The number of pyridine rings is 3. The first-order valence-electron chi connectivity index (χ1n) is 49.3. The highest BCUT2D eigenvalue weighted by molar-refractivity contribution is 6.35. The van der Waals surface area contributed by atoms with Crippen molar-refractivity contribution in [3.63, 3.8) is 0 Å². The lowest BCUT2D eigenvalue weighted by Gasteiger charge is -2.38.